The van der Waals surface area contributed by atoms with Gasteiger partial charge in [0.15, 0.2) is 33.0 Å². The molecule has 3 aromatic carbocycles. The standard InChI is InChI=1S/C36H25Cl2F5N2O6/c1-2-16-7-9-17(10-8-16)44-31(47)20-12-11-18-21(23(20)32(44)48)15-35(37)33(49)45(30-28(42)26(40)25(39)27(41)29(30)43)34(50)36(35,38)24(18)19-5-3-4-6-22(19)51-14-13-46/h2-11,20-21,23-24,46H,1,12-15H2. The van der Waals surface area contributed by atoms with Gasteiger partial charge >= 0.3 is 0 Å². The topological polar surface area (TPSA) is 104 Å². The van der Waals surface area contributed by atoms with Crippen molar-refractivity contribution >= 4 is 64.3 Å². The number of rotatable bonds is 7. The quantitative estimate of drug-likeness (QED) is 0.0776. The highest BCUT2D eigenvalue weighted by Gasteiger charge is 2.77. The Morgan fingerprint density at radius 1 is 0.843 bits per heavy atom. The summed E-state index contributed by atoms with van der Waals surface area (Å²) in [4.78, 5) is 52.3. The molecular weight excluding hydrogens is 722 g/mol. The molecule has 8 nitrogen and oxygen atoms in total. The van der Waals surface area contributed by atoms with Gasteiger partial charge in [0.25, 0.3) is 11.8 Å². The Balaban J connectivity index is 1.43. The van der Waals surface area contributed by atoms with Gasteiger partial charge in [0.1, 0.15) is 18.0 Å². The van der Waals surface area contributed by atoms with Crippen molar-refractivity contribution in [2.75, 3.05) is 23.0 Å². The number of fused-ring (bicyclic) bond motifs is 4. The maximum atomic E-state index is 15.3. The number of ether oxygens (including phenoxy) is 1. The van der Waals surface area contributed by atoms with Gasteiger partial charge in [0.05, 0.1) is 24.1 Å². The summed E-state index contributed by atoms with van der Waals surface area (Å²) in [5, 5.41) is 9.49. The van der Waals surface area contributed by atoms with Crippen LogP contribution in [0.2, 0.25) is 0 Å². The second-order valence-electron chi connectivity index (χ2n) is 12.6. The molecule has 264 valence electrons. The number of hydrogen-bond acceptors (Lipinski definition) is 6. The van der Waals surface area contributed by atoms with Crippen LogP contribution in [0.3, 0.4) is 0 Å². The Hall–Kier alpha value is -4.59. The number of amides is 4. The van der Waals surface area contributed by atoms with Crippen molar-refractivity contribution in [3.05, 3.63) is 107 Å². The van der Waals surface area contributed by atoms with Gasteiger partial charge in [-0.2, -0.15) is 0 Å². The Morgan fingerprint density at radius 3 is 2.10 bits per heavy atom. The van der Waals surface area contributed by atoms with Crippen molar-refractivity contribution in [2.24, 2.45) is 17.8 Å². The summed E-state index contributed by atoms with van der Waals surface area (Å²) in [6.07, 6.45) is 2.50. The average molecular weight is 748 g/mol. The third kappa shape index (κ3) is 4.67. The number of aliphatic hydroxyl groups excluding tert-OH is 1. The van der Waals surface area contributed by atoms with Gasteiger partial charge in [-0.05, 0) is 42.5 Å². The lowest BCUT2D eigenvalue weighted by atomic mass is 9.56. The van der Waals surface area contributed by atoms with Gasteiger partial charge in [0, 0.05) is 11.5 Å². The number of benzene rings is 3. The molecule has 51 heavy (non-hydrogen) atoms. The Morgan fingerprint density at radius 2 is 1.47 bits per heavy atom. The summed E-state index contributed by atoms with van der Waals surface area (Å²) >= 11 is 14.4. The summed E-state index contributed by atoms with van der Waals surface area (Å²) in [5.74, 6) is -21.3. The van der Waals surface area contributed by atoms with Crippen molar-refractivity contribution in [2.45, 2.75) is 28.5 Å². The van der Waals surface area contributed by atoms with E-state index in [4.69, 9.17) is 27.9 Å². The van der Waals surface area contributed by atoms with Crippen LogP contribution in [-0.2, 0) is 19.2 Å². The Labute approximate surface area is 296 Å². The monoisotopic (exact) mass is 746 g/mol. The number of alkyl halides is 2. The number of carbonyl (C=O) groups excluding carboxylic acids is 4. The highest BCUT2D eigenvalue weighted by atomic mass is 35.5. The van der Waals surface area contributed by atoms with E-state index in [1.807, 2.05) is 0 Å². The minimum Gasteiger partial charge on any atom is -0.491 e. The van der Waals surface area contributed by atoms with E-state index in [0.29, 0.717) is 0 Å². The zero-order chi connectivity index (χ0) is 36.7. The number of aliphatic hydroxyl groups is 1. The molecule has 7 rings (SSSR count). The number of anilines is 2. The van der Waals surface area contributed by atoms with Crippen LogP contribution >= 0.6 is 23.2 Å². The van der Waals surface area contributed by atoms with Gasteiger partial charge in [-0.3, -0.25) is 24.1 Å². The zero-order valence-corrected chi connectivity index (χ0v) is 27.7. The van der Waals surface area contributed by atoms with Crippen LogP contribution in [0.1, 0.15) is 29.9 Å². The van der Waals surface area contributed by atoms with E-state index >= 15 is 8.78 Å². The number of carbonyl (C=O) groups is 4. The number of nitrogens with zero attached hydrogens (tertiary/aromatic N) is 2. The van der Waals surface area contributed by atoms with E-state index in [9.17, 15) is 37.5 Å². The van der Waals surface area contributed by atoms with Gasteiger partial charge in [-0.1, -0.05) is 54.6 Å². The summed E-state index contributed by atoms with van der Waals surface area (Å²) in [6.45, 7) is 3.01. The molecule has 6 atom stereocenters. The summed E-state index contributed by atoms with van der Waals surface area (Å²) in [6, 6.07) is 12.4. The molecule has 1 saturated carbocycles. The van der Waals surface area contributed by atoms with Crippen LogP contribution in [0.4, 0.5) is 33.3 Å². The molecular formula is C36H25Cl2F5N2O6. The normalized spacial score (nSPS) is 28.4. The predicted octanol–water partition coefficient (Wildman–Crippen LogP) is 6.16. The van der Waals surface area contributed by atoms with Crippen LogP contribution in [0.5, 0.6) is 5.75 Å². The first-order chi connectivity index (χ1) is 24.2. The van der Waals surface area contributed by atoms with E-state index in [1.54, 1.807) is 42.5 Å². The molecule has 6 unspecified atom stereocenters. The lowest BCUT2D eigenvalue weighted by Gasteiger charge is -2.50. The summed E-state index contributed by atoms with van der Waals surface area (Å²) in [7, 11) is 0. The molecule has 0 radical (unpaired) electrons. The fourth-order valence-electron chi connectivity index (χ4n) is 7.93. The van der Waals surface area contributed by atoms with Crippen molar-refractivity contribution < 1.29 is 51.0 Å². The maximum Gasteiger partial charge on any atom is 0.258 e. The van der Waals surface area contributed by atoms with Crippen LogP contribution in [0, 0.1) is 46.8 Å². The molecule has 0 aromatic heterocycles. The van der Waals surface area contributed by atoms with Crippen LogP contribution in [-0.4, -0.2) is 51.7 Å². The third-order valence-electron chi connectivity index (χ3n) is 10.2. The van der Waals surface area contributed by atoms with Crippen molar-refractivity contribution in [1.29, 1.82) is 0 Å². The van der Waals surface area contributed by atoms with Crippen LogP contribution < -0.4 is 14.5 Å². The van der Waals surface area contributed by atoms with Gasteiger partial charge in [-0.15, -0.1) is 23.2 Å². The molecule has 0 bridgehead atoms. The van der Waals surface area contributed by atoms with Crippen molar-refractivity contribution in [3.8, 4) is 5.75 Å². The van der Waals surface area contributed by atoms with E-state index in [0.717, 1.165) is 10.5 Å². The van der Waals surface area contributed by atoms with Crippen molar-refractivity contribution in [3.63, 3.8) is 0 Å². The largest absolute Gasteiger partial charge is 0.491 e. The van der Waals surface area contributed by atoms with E-state index in [1.165, 1.54) is 18.2 Å². The SMILES string of the molecule is C=Cc1ccc(N2C(=O)C3CC=C4C(CC5(Cl)C(=O)N(c6c(F)c(F)c(F)c(F)c6F)C(=O)C5(Cl)C4c4ccccc4OCCO)C3C2=O)cc1. The van der Waals surface area contributed by atoms with Crippen LogP contribution in [0.15, 0.2) is 66.8 Å². The average Bonchev–Trinajstić information content (AvgIpc) is 3.47. The number of para-hydroxylation sites is 1. The molecule has 2 heterocycles. The van der Waals surface area contributed by atoms with Gasteiger partial charge in [0.2, 0.25) is 17.6 Å². The molecule has 2 saturated heterocycles. The third-order valence-corrected chi connectivity index (χ3v) is 11.6. The minimum absolute atomic E-state index is 0.0236. The second-order valence-corrected chi connectivity index (χ2v) is 13.9. The van der Waals surface area contributed by atoms with Crippen molar-refractivity contribution in [1.82, 2.24) is 0 Å². The summed E-state index contributed by atoms with van der Waals surface area (Å²) < 4.78 is 79.3. The number of allylic oxidation sites excluding steroid dienone is 2. The highest BCUT2D eigenvalue weighted by Crippen LogP contribution is 2.66. The van der Waals surface area contributed by atoms with E-state index in [-0.39, 0.29) is 40.5 Å². The maximum absolute atomic E-state index is 15.3. The number of imide groups is 2. The fraction of sp³-hybridized carbons (Fsp3) is 0.278. The molecule has 4 aliphatic rings. The second kappa shape index (κ2) is 12.3. The molecule has 3 aromatic rings. The molecule has 1 N–H and O–H groups in total. The molecule has 3 fully saturated rings. The lowest BCUT2D eigenvalue weighted by molar-refractivity contribution is -0.125. The van der Waals surface area contributed by atoms with E-state index in [2.05, 4.69) is 6.58 Å². The first-order valence-electron chi connectivity index (χ1n) is 15.7. The van der Waals surface area contributed by atoms with E-state index < -0.39 is 105 Å². The molecule has 2 aliphatic heterocycles. The smallest absolute Gasteiger partial charge is 0.258 e. The molecule has 2 aliphatic carbocycles. The molecule has 15 heteroatoms. The van der Waals surface area contributed by atoms with Crippen LogP contribution in [0.25, 0.3) is 6.08 Å². The summed E-state index contributed by atoms with van der Waals surface area (Å²) in [5.41, 5.74) is -0.502. The van der Waals surface area contributed by atoms with Gasteiger partial charge in [-0.25, -0.2) is 26.9 Å². The zero-order valence-electron chi connectivity index (χ0n) is 26.1. The number of hydrogen-bond donors (Lipinski definition) is 1. The predicted molar refractivity (Wildman–Crippen MR) is 174 cm³/mol. The first kappa shape index (κ1) is 34.8. The van der Waals surface area contributed by atoms with Gasteiger partial charge < -0.3 is 9.84 Å². The molecule has 0 spiro atoms. The number of halogens is 7. The lowest BCUT2D eigenvalue weighted by Crippen LogP contribution is -2.60. The Bertz CT molecular complexity index is 2070. The first-order valence-corrected chi connectivity index (χ1v) is 16.4. The fourth-order valence-corrected chi connectivity index (χ4v) is 8.86. The minimum atomic E-state index is -2.70. The Kier molecular flexibility index (Phi) is 8.39. The molecule has 4 amide bonds. The highest BCUT2D eigenvalue weighted by molar-refractivity contribution is 6.58.